The number of hydrogen-bond acceptors (Lipinski definition) is 6. The van der Waals surface area contributed by atoms with Gasteiger partial charge in [0.15, 0.2) is 22.5 Å². The molecule has 3 heterocycles. The van der Waals surface area contributed by atoms with E-state index >= 15 is 0 Å². The molecule has 0 saturated heterocycles. The van der Waals surface area contributed by atoms with Gasteiger partial charge >= 0.3 is 0 Å². The molecule has 0 radical (unpaired) electrons. The second-order valence-corrected chi connectivity index (χ2v) is 9.01. The zero-order chi connectivity index (χ0) is 17.5. The van der Waals surface area contributed by atoms with Crippen LogP contribution in [-0.2, 0) is 5.75 Å². The molecule has 0 spiro atoms. The maximum atomic E-state index is 5.71. The standard InChI is InChI=1S/C18H16BrN3O2S2/c19-13-9-15-14(23-5-6-24-15)8-11(13)10-26-18-21-20-17(16-2-1-7-25-16)22(18)12-3-4-12/h1-2,7-9,12H,3-6,10H2. The summed E-state index contributed by atoms with van der Waals surface area (Å²) >= 11 is 7.08. The van der Waals surface area contributed by atoms with Crippen molar-refractivity contribution in [2.75, 3.05) is 13.2 Å². The molecule has 134 valence electrons. The molecule has 0 atom stereocenters. The van der Waals surface area contributed by atoms with Crippen molar-refractivity contribution < 1.29 is 9.47 Å². The van der Waals surface area contributed by atoms with Crippen LogP contribution in [0.25, 0.3) is 10.7 Å². The zero-order valence-electron chi connectivity index (χ0n) is 13.9. The van der Waals surface area contributed by atoms with E-state index in [0.29, 0.717) is 19.3 Å². The summed E-state index contributed by atoms with van der Waals surface area (Å²) in [6.07, 6.45) is 2.41. The van der Waals surface area contributed by atoms with E-state index in [1.54, 1.807) is 23.1 Å². The highest BCUT2D eigenvalue weighted by atomic mass is 79.9. The highest BCUT2D eigenvalue weighted by molar-refractivity contribution is 9.10. The number of aromatic nitrogens is 3. The molecule has 1 fully saturated rings. The van der Waals surface area contributed by atoms with Crippen LogP contribution in [0.1, 0.15) is 24.4 Å². The minimum Gasteiger partial charge on any atom is -0.486 e. The normalized spacial score (nSPS) is 16.0. The van der Waals surface area contributed by atoms with Crippen molar-refractivity contribution in [2.24, 2.45) is 0 Å². The molecular formula is C18H16BrN3O2S2. The molecule has 1 saturated carbocycles. The van der Waals surface area contributed by atoms with Crippen molar-refractivity contribution in [2.45, 2.75) is 29.8 Å². The summed E-state index contributed by atoms with van der Waals surface area (Å²) in [5.74, 6) is 3.41. The zero-order valence-corrected chi connectivity index (χ0v) is 17.1. The number of fused-ring (bicyclic) bond motifs is 1. The van der Waals surface area contributed by atoms with E-state index in [9.17, 15) is 0 Å². The van der Waals surface area contributed by atoms with Gasteiger partial charge in [0.25, 0.3) is 0 Å². The molecular weight excluding hydrogens is 434 g/mol. The van der Waals surface area contributed by atoms with Crippen molar-refractivity contribution in [1.82, 2.24) is 14.8 Å². The Bertz CT molecular complexity index is 938. The highest BCUT2D eigenvalue weighted by Gasteiger charge is 2.30. The SMILES string of the molecule is Brc1cc2c(cc1CSc1nnc(-c3cccs3)n1C1CC1)OCCO2. The minimum absolute atomic E-state index is 0.535. The van der Waals surface area contributed by atoms with E-state index in [0.717, 1.165) is 32.7 Å². The van der Waals surface area contributed by atoms with Gasteiger partial charge < -0.3 is 9.47 Å². The van der Waals surface area contributed by atoms with Crippen LogP contribution in [0.4, 0.5) is 0 Å². The molecule has 0 unspecified atom stereocenters. The number of nitrogens with zero attached hydrogens (tertiary/aromatic N) is 3. The van der Waals surface area contributed by atoms with E-state index in [1.807, 2.05) is 6.07 Å². The van der Waals surface area contributed by atoms with Crippen LogP contribution in [-0.4, -0.2) is 28.0 Å². The van der Waals surface area contributed by atoms with Crippen LogP contribution in [0.2, 0.25) is 0 Å². The van der Waals surface area contributed by atoms with Crippen molar-refractivity contribution in [1.29, 1.82) is 0 Å². The molecule has 5 rings (SSSR count). The lowest BCUT2D eigenvalue weighted by atomic mass is 10.2. The van der Waals surface area contributed by atoms with Gasteiger partial charge in [-0.05, 0) is 42.0 Å². The number of benzene rings is 1. The number of hydrogen-bond donors (Lipinski definition) is 0. The predicted molar refractivity (Wildman–Crippen MR) is 106 cm³/mol. The molecule has 1 aliphatic heterocycles. The van der Waals surface area contributed by atoms with Gasteiger partial charge in [0.2, 0.25) is 0 Å². The molecule has 0 amide bonds. The number of ether oxygens (including phenoxy) is 2. The first-order valence-electron chi connectivity index (χ1n) is 8.49. The first kappa shape index (κ1) is 16.6. The van der Waals surface area contributed by atoms with Crippen molar-refractivity contribution >= 4 is 39.0 Å². The van der Waals surface area contributed by atoms with Gasteiger partial charge in [-0.25, -0.2) is 0 Å². The Balaban J connectivity index is 1.41. The van der Waals surface area contributed by atoms with Crippen LogP contribution in [0.15, 0.2) is 39.3 Å². The van der Waals surface area contributed by atoms with E-state index in [1.165, 1.54) is 23.3 Å². The van der Waals surface area contributed by atoms with Gasteiger partial charge in [-0.3, -0.25) is 4.57 Å². The Labute approximate surface area is 167 Å². The minimum atomic E-state index is 0.535. The highest BCUT2D eigenvalue weighted by Crippen LogP contribution is 2.43. The Hall–Kier alpha value is -1.51. The van der Waals surface area contributed by atoms with Crippen molar-refractivity contribution in [3.05, 3.63) is 39.7 Å². The number of thiophene rings is 1. The molecule has 1 aliphatic carbocycles. The van der Waals surface area contributed by atoms with E-state index in [-0.39, 0.29) is 0 Å². The summed E-state index contributed by atoms with van der Waals surface area (Å²) in [6.45, 7) is 1.20. The number of halogens is 1. The summed E-state index contributed by atoms with van der Waals surface area (Å²) in [6, 6.07) is 8.76. The van der Waals surface area contributed by atoms with Crippen LogP contribution in [0.5, 0.6) is 11.5 Å². The van der Waals surface area contributed by atoms with Gasteiger partial charge in [0.05, 0.1) is 4.88 Å². The molecule has 5 nitrogen and oxygen atoms in total. The Morgan fingerprint density at radius 1 is 1.19 bits per heavy atom. The third-order valence-corrected chi connectivity index (χ3v) is 6.98. The third kappa shape index (κ3) is 3.14. The number of thioether (sulfide) groups is 1. The lowest BCUT2D eigenvalue weighted by Crippen LogP contribution is -2.15. The van der Waals surface area contributed by atoms with Crippen LogP contribution >= 0.6 is 39.0 Å². The molecule has 8 heteroatoms. The van der Waals surface area contributed by atoms with Gasteiger partial charge in [-0.1, -0.05) is 33.8 Å². The van der Waals surface area contributed by atoms with Crippen molar-refractivity contribution in [3.63, 3.8) is 0 Å². The monoisotopic (exact) mass is 449 g/mol. The fourth-order valence-corrected chi connectivity index (χ4v) is 5.32. The quantitative estimate of drug-likeness (QED) is 0.502. The van der Waals surface area contributed by atoms with E-state index in [2.05, 4.69) is 54.3 Å². The van der Waals surface area contributed by atoms with Crippen LogP contribution in [0, 0.1) is 0 Å². The fourth-order valence-electron chi connectivity index (χ4n) is 2.97. The van der Waals surface area contributed by atoms with Crippen LogP contribution in [0.3, 0.4) is 0 Å². The summed E-state index contributed by atoms with van der Waals surface area (Å²) in [5, 5.41) is 12.0. The lowest BCUT2D eigenvalue weighted by Gasteiger charge is -2.19. The third-order valence-electron chi connectivity index (χ3n) is 4.39. The van der Waals surface area contributed by atoms with E-state index < -0.39 is 0 Å². The smallest absolute Gasteiger partial charge is 0.192 e. The van der Waals surface area contributed by atoms with Gasteiger partial charge in [-0.15, -0.1) is 21.5 Å². The summed E-state index contributed by atoms with van der Waals surface area (Å²) in [7, 11) is 0. The molecule has 3 aromatic rings. The molecule has 2 aromatic heterocycles. The average Bonchev–Trinajstić information content (AvgIpc) is 3.18. The molecule has 26 heavy (non-hydrogen) atoms. The fraction of sp³-hybridized carbons (Fsp3) is 0.333. The largest absolute Gasteiger partial charge is 0.486 e. The summed E-state index contributed by atoms with van der Waals surface area (Å²) in [4.78, 5) is 1.18. The van der Waals surface area contributed by atoms with Crippen LogP contribution < -0.4 is 9.47 Å². The van der Waals surface area contributed by atoms with Gasteiger partial charge in [-0.2, -0.15) is 0 Å². The first-order valence-corrected chi connectivity index (χ1v) is 11.1. The van der Waals surface area contributed by atoms with Gasteiger partial charge in [0, 0.05) is 16.3 Å². The van der Waals surface area contributed by atoms with Gasteiger partial charge in [0.1, 0.15) is 13.2 Å². The summed E-state index contributed by atoms with van der Waals surface area (Å²) in [5.41, 5.74) is 1.17. The molecule has 2 aliphatic rings. The topological polar surface area (TPSA) is 49.2 Å². The molecule has 1 aromatic carbocycles. The number of rotatable bonds is 5. The first-order chi connectivity index (χ1) is 12.8. The maximum absolute atomic E-state index is 5.71. The molecule has 0 N–H and O–H groups in total. The Morgan fingerprint density at radius 3 is 2.73 bits per heavy atom. The second kappa shape index (κ2) is 6.90. The predicted octanol–water partition coefficient (Wildman–Crippen LogP) is 5.17. The Kier molecular flexibility index (Phi) is 4.42. The van der Waals surface area contributed by atoms with E-state index in [4.69, 9.17) is 9.47 Å². The van der Waals surface area contributed by atoms with Crippen molar-refractivity contribution in [3.8, 4) is 22.2 Å². The lowest BCUT2D eigenvalue weighted by molar-refractivity contribution is 0.171. The second-order valence-electron chi connectivity index (χ2n) is 6.26. The Morgan fingerprint density at radius 2 is 2.00 bits per heavy atom. The summed E-state index contributed by atoms with van der Waals surface area (Å²) < 4.78 is 14.7. The maximum Gasteiger partial charge on any atom is 0.192 e. The molecule has 0 bridgehead atoms. The average molecular weight is 450 g/mol.